The number of hydrogen-bond acceptors (Lipinski definition) is 3. The average molecular weight is 290 g/mol. The van der Waals surface area contributed by atoms with Gasteiger partial charge >= 0.3 is 0 Å². The number of pyridine rings is 2. The van der Waals surface area contributed by atoms with E-state index in [4.69, 9.17) is 0 Å². The van der Waals surface area contributed by atoms with E-state index in [1.165, 1.54) is 26.6 Å². The Hall–Kier alpha value is -2.26. The molecule has 0 aliphatic heterocycles. The zero-order chi connectivity index (χ0) is 14.4. The fraction of sp³-hybridized carbons (Fsp3) is 0.111. The Morgan fingerprint density at radius 2 is 1.81 bits per heavy atom. The third-order valence-corrected chi connectivity index (χ3v) is 4.84. The summed E-state index contributed by atoms with van der Waals surface area (Å²) in [4.78, 5) is 10.3. The predicted molar refractivity (Wildman–Crippen MR) is 89.8 cm³/mol. The van der Waals surface area contributed by atoms with E-state index in [9.17, 15) is 0 Å². The smallest absolute Gasteiger partial charge is 0.124 e. The predicted octanol–water partition coefficient (Wildman–Crippen LogP) is 5.13. The molecule has 3 heterocycles. The number of hydrogen-bond donors (Lipinski definition) is 0. The number of rotatable bonds is 1. The van der Waals surface area contributed by atoms with Gasteiger partial charge in [-0.25, -0.2) is 4.98 Å². The monoisotopic (exact) mass is 290 g/mol. The first-order valence-corrected chi connectivity index (χ1v) is 7.76. The number of nitrogens with zero attached hydrogens (tertiary/aromatic N) is 2. The number of aromatic nitrogens is 2. The normalized spacial score (nSPS) is 11.3. The second-order valence-electron chi connectivity index (χ2n) is 5.31. The second-order valence-corrected chi connectivity index (χ2v) is 6.31. The Morgan fingerprint density at radius 1 is 0.905 bits per heavy atom. The molecule has 0 spiro atoms. The molecule has 2 nitrogen and oxygen atoms in total. The maximum absolute atomic E-state index is 4.66. The van der Waals surface area contributed by atoms with Gasteiger partial charge in [0, 0.05) is 32.9 Å². The molecular formula is C18H14N2S. The maximum Gasteiger partial charge on any atom is 0.124 e. The Kier molecular flexibility index (Phi) is 2.76. The first-order valence-electron chi connectivity index (χ1n) is 6.94. The van der Waals surface area contributed by atoms with Crippen LogP contribution in [0.5, 0.6) is 0 Å². The summed E-state index contributed by atoms with van der Waals surface area (Å²) in [5.41, 5.74) is 4.45. The van der Waals surface area contributed by atoms with Crippen molar-refractivity contribution in [1.82, 2.24) is 9.97 Å². The van der Waals surface area contributed by atoms with Crippen molar-refractivity contribution in [1.29, 1.82) is 0 Å². The lowest BCUT2D eigenvalue weighted by Crippen LogP contribution is -1.84. The summed E-state index contributed by atoms with van der Waals surface area (Å²) in [5.74, 6) is 0. The summed E-state index contributed by atoms with van der Waals surface area (Å²) in [6.45, 7) is 4.09. The molecule has 0 saturated carbocycles. The largest absolute Gasteiger partial charge is 0.256 e. The van der Waals surface area contributed by atoms with Gasteiger partial charge < -0.3 is 0 Å². The fourth-order valence-corrected chi connectivity index (χ4v) is 3.84. The van der Waals surface area contributed by atoms with Crippen LogP contribution in [-0.2, 0) is 0 Å². The Balaban J connectivity index is 2.06. The summed E-state index contributed by atoms with van der Waals surface area (Å²) >= 11 is 1.75. The lowest BCUT2D eigenvalue weighted by atomic mass is 10.1. The number of fused-ring (bicyclic) bond motifs is 3. The average Bonchev–Trinajstić information content (AvgIpc) is 2.85. The summed E-state index contributed by atoms with van der Waals surface area (Å²) in [6, 6.07) is 14.9. The van der Waals surface area contributed by atoms with Crippen LogP contribution >= 0.6 is 11.3 Å². The number of thiophene rings is 1. The summed E-state index contributed by atoms with van der Waals surface area (Å²) < 4.78 is 1.27. The van der Waals surface area contributed by atoms with Crippen LogP contribution in [-0.4, -0.2) is 9.97 Å². The molecule has 0 unspecified atom stereocenters. The third-order valence-electron chi connectivity index (χ3n) is 3.69. The van der Waals surface area contributed by atoms with Crippen LogP contribution in [0, 0.1) is 13.8 Å². The van der Waals surface area contributed by atoms with Crippen molar-refractivity contribution < 1.29 is 0 Å². The summed E-state index contributed by atoms with van der Waals surface area (Å²) in [5, 5.41) is 2.50. The van der Waals surface area contributed by atoms with E-state index in [0.29, 0.717) is 0 Å². The van der Waals surface area contributed by atoms with Crippen molar-refractivity contribution >= 4 is 31.6 Å². The molecule has 0 amide bonds. The van der Waals surface area contributed by atoms with Gasteiger partial charge in [-0.2, -0.15) is 0 Å². The lowest BCUT2D eigenvalue weighted by molar-refractivity contribution is 1.27. The van der Waals surface area contributed by atoms with Crippen molar-refractivity contribution in [2.45, 2.75) is 13.8 Å². The van der Waals surface area contributed by atoms with Crippen LogP contribution in [0.25, 0.3) is 31.6 Å². The van der Waals surface area contributed by atoms with Gasteiger partial charge in [-0.15, -0.1) is 11.3 Å². The lowest BCUT2D eigenvalue weighted by Gasteiger charge is -2.02. The molecule has 3 aromatic heterocycles. The summed E-state index contributed by atoms with van der Waals surface area (Å²) in [7, 11) is 0. The quantitative estimate of drug-likeness (QED) is 0.486. The van der Waals surface area contributed by atoms with Crippen LogP contribution in [0.3, 0.4) is 0 Å². The van der Waals surface area contributed by atoms with E-state index >= 15 is 0 Å². The zero-order valence-electron chi connectivity index (χ0n) is 11.9. The van der Waals surface area contributed by atoms with Gasteiger partial charge in [-0.05, 0) is 37.6 Å². The molecule has 3 heteroatoms. The minimum absolute atomic E-state index is 1.02. The van der Waals surface area contributed by atoms with Gasteiger partial charge in [-0.1, -0.05) is 24.3 Å². The van der Waals surface area contributed by atoms with Gasteiger partial charge in [0.25, 0.3) is 0 Å². The summed E-state index contributed by atoms with van der Waals surface area (Å²) in [6.07, 6.45) is 1.92. The van der Waals surface area contributed by atoms with E-state index < -0.39 is 0 Å². The van der Waals surface area contributed by atoms with Crippen LogP contribution in [0.1, 0.15) is 11.3 Å². The van der Waals surface area contributed by atoms with E-state index in [1.54, 1.807) is 11.3 Å². The van der Waals surface area contributed by atoms with Crippen molar-refractivity contribution in [3.05, 3.63) is 59.9 Å². The van der Waals surface area contributed by atoms with E-state index in [2.05, 4.69) is 59.4 Å². The molecular weight excluding hydrogens is 276 g/mol. The molecule has 0 atom stereocenters. The SMILES string of the molecule is Cc1ccc(-c2cccc3c2sc2nc(C)ccc23)nc1. The molecule has 102 valence electrons. The van der Waals surface area contributed by atoms with Gasteiger partial charge in [0.05, 0.1) is 5.69 Å². The molecule has 1 aromatic carbocycles. The third kappa shape index (κ3) is 2.01. The van der Waals surface area contributed by atoms with Gasteiger partial charge in [0.1, 0.15) is 4.83 Å². The van der Waals surface area contributed by atoms with Crippen LogP contribution < -0.4 is 0 Å². The molecule has 0 fully saturated rings. The van der Waals surface area contributed by atoms with Gasteiger partial charge in [0.2, 0.25) is 0 Å². The zero-order valence-corrected chi connectivity index (χ0v) is 12.7. The first kappa shape index (κ1) is 12.5. The highest BCUT2D eigenvalue weighted by Gasteiger charge is 2.11. The highest BCUT2D eigenvalue weighted by atomic mass is 32.1. The second kappa shape index (κ2) is 4.64. The molecule has 0 saturated heterocycles. The highest BCUT2D eigenvalue weighted by molar-refractivity contribution is 7.26. The molecule has 0 N–H and O–H groups in total. The molecule has 4 aromatic rings. The van der Waals surface area contributed by atoms with Crippen molar-refractivity contribution in [3.8, 4) is 11.3 Å². The Labute approximate surface area is 127 Å². The Morgan fingerprint density at radius 3 is 2.62 bits per heavy atom. The van der Waals surface area contributed by atoms with Gasteiger partial charge in [0.15, 0.2) is 0 Å². The molecule has 0 aliphatic rings. The molecule has 0 aliphatic carbocycles. The minimum Gasteiger partial charge on any atom is -0.256 e. The first-order chi connectivity index (χ1) is 10.2. The van der Waals surface area contributed by atoms with E-state index in [0.717, 1.165) is 16.2 Å². The molecule has 21 heavy (non-hydrogen) atoms. The van der Waals surface area contributed by atoms with Crippen LogP contribution in [0.4, 0.5) is 0 Å². The van der Waals surface area contributed by atoms with Crippen molar-refractivity contribution in [3.63, 3.8) is 0 Å². The van der Waals surface area contributed by atoms with Crippen LogP contribution in [0.15, 0.2) is 48.7 Å². The maximum atomic E-state index is 4.66. The Bertz CT molecular complexity index is 952. The topological polar surface area (TPSA) is 25.8 Å². The highest BCUT2D eigenvalue weighted by Crippen LogP contribution is 2.38. The standard InChI is InChI=1S/C18H14N2S/c1-11-6-9-16(19-10-11)15-5-3-4-13-14-8-7-12(2)20-18(14)21-17(13)15/h3-10H,1-2H3. The van der Waals surface area contributed by atoms with Crippen LogP contribution in [0.2, 0.25) is 0 Å². The molecule has 4 rings (SSSR count). The number of aryl methyl sites for hydroxylation is 2. The fourth-order valence-electron chi connectivity index (χ4n) is 2.60. The minimum atomic E-state index is 1.02. The molecule has 0 radical (unpaired) electrons. The van der Waals surface area contributed by atoms with E-state index in [1.807, 2.05) is 13.1 Å². The number of benzene rings is 1. The van der Waals surface area contributed by atoms with Gasteiger partial charge in [-0.3, -0.25) is 4.98 Å². The van der Waals surface area contributed by atoms with Crippen molar-refractivity contribution in [2.24, 2.45) is 0 Å². The van der Waals surface area contributed by atoms with Crippen molar-refractivity contribution in [2.75, 3.05) is 0 Å². The van der Waals surface area contributed by atoms with E-state index in [-0.39, 0.29) is 0 Å². The molecule has 0 bridgehead atoms.